The molecule has 0 bridgehead atoms. The van der Waals surface area contributed by atoms with E-state index >= 15 is 0 Å². The smallest absolute Gasteiger partial charge is 0.130 e. The van der Waals surface area contributed by atoms with Crippen LogP contribution in [0.1, 0.15) is 38.3 Å². The summed E-state index contributed by atoms with van der Waals surface area (Å²) in [5.74, 6) is -0.383. The standard InChI is InChI=1S/C13H16FNO/c1-4-13(2,3)16-9-11-6-5-10(8-15)7-12(11)14/h5-7H,4,9H2,1-3H3. The minimum atomic E-state index is -0.383. The molecule has 2 nitrogen and oxygen atoms in total. The van der Waals surface area contributed by atoms with Gasteiger partial charge in [0.2, 0.25) is 0 Å². The average molecular weight is 221 g/mol. The van der Waals surface area contributed by atoms with E-state index in [4.69, 9.17) is 10.00 Å². The number of benzene rings is 1. The Kier molecular flexibility index (Phi) is 4.03. The normalized spacial score (nSPS) is 11.2. The van der Waals surface area contributed by atoms with Crippen molar-refractivity contribution in [2.24, 2.45) is 0 Å². The van der Waals surface area contributed by atoms with Gasteiger partial charge in [-0.3, -0.25) is 0 Å². The summed E-state index contributed by atoms with van der Waals surface area (Å²) in [6.07, 6.45) is 0.866. The van der Waals surface area contributed by atoms with E-state index in [0.29, 0.717) is 11.1 Å². The largest absolute Gasteiger partial charge is 0.371 e. The second-order valence-electron chi connectivity index (χ2n) is 4.32. The Balaban J connectivity index is 2.73. The third kappa shape index (κ3) is 3.32. The highest BCUT2D eigenvalue weighted by molar-refractivity contribution is 5.32. The molecule has 0 fully saturated rings. The molecule has 0 N–H and O–H groups in total. The van der Waals surface area contributed by atoms with Crippen LogP contribution in [0.5, 0.6) is 0 Å². The van der Waals surface area contributed by atoms with Crippen molar-refractivity contribution < 1.29 is 9.13 Å². The second-order valence-corrected chi connectivity index (χ2v) is 4.32. The summed E-state index contributed by atoms with van der Waals surface area (Å²) < 4.78 is 19.1. The van der Waals surface area contributed by atoms with E-state index in [1.807, 2.05) is 26.8 Å². The molecule has 1 aromatic carbocycles. The Labute approximate surface area is 95.7 Å². The van der Waals surface area contributed by atoms with Crippen LogP contribution in [0.3, 0.4) is 0 Å². The lowest BCUT2D eigenvalue weighted by Gasteiger charge is -2.23. The fourth-order valence-electron chi connectivity index (χ4n) is 1.11. The molecule has 0 spiro atoms. The highest BCUT2D eigenvalue weighted by Gasteiger charge is 2.16. The van der Waals surface area contributed by atoms with Gasteiger partial charge in [0.15, 0.2) is 0 Å². The van der Waals surface area contributed by atoms with Gasteiger partial charge in [0.25, 0.3) is 0 Å². The highest BCUT2D eigenvalue weighted by atomic mass is 19.1. The summed E-state index contributed by atoms with van der Waals surface area (Å²) in [6.45, 7) is 6.19. The summed E-state index contributed by atoms with van der Waals surface area (Å²) in [5, 5.41) is 8.60. The van der Waals surface area contributed by atoms with Gasteiger partial charge in [-0.25, -0.2) is 4.39 Å². The van der Waals surface area contributed by atoms with Crippen LogP contribution in [-0.2, 0) is 11.3 Å². The molecule has 0 aliphatic rings. The molecule has 0 aliphatic carbocycles. The summed E-state index contributed by atoms with van der Waals surface area (Å²) >= 11 is 0. The Morgan fingerprint density at radius 1 is 1.44 bits per heavy atom. The molecule has 0 atom stereocenters. The molecular weight excluding hydrogens is 205 g/mol. The van der Waals surface area contributed by atoms with Crippen molar-refractivity contribution in [2.45, 2.75) is 39.4 Å². The van der Waals surface area contributed by atoms with Crippen molar-refractivity contribution >= 4 is 0 Å². The van der Waals surface area contributed by atoms with E-state index in [9.17, 15) is 4.39 Å². The average Bonchev–Trinajstić information content (AvgIpc) is 2.27. The summed E-state index contributed by atoms with van der Waals surface area (Å²) in [4.78, 5) is 0. The van der Waals surface area contributed by atoms with Crippen molar-refractivity contribution in [3.05, 3.63) is 35.1 Å². The van der Waals surface area contributed by atoms with E-state index in [1.54, 1.807) is 12.1 Å². The predicted octanol–water partition coefficient (Wildman–Crippen LogP) is 3.40. The summed E-state index contributed by atoms with van der Waals surface area (Å²) in [6, 6.07) is 6.33. The van der Waals surface area contributed by atoms with Crippen LogP contribution < -0.4 is 0 Å². The zero-order valence-corrected chi connectivity index (χ0v) is 9.88. The lowest BCUT2D eigenvalue weighted by Crippen LogP contribution is -2.22. The molecular formula is C13H16FNO. The monoisotopic (exact) mass is 221 g/mol. The van der Waals surface area contributed by atoms with Crippen molar-refractivity contribution in [3.8, 4) is 6.07 Å². The van der Waals surface area contributed by atoms with Crippen LogP contribution in [-0.4, -0.2) is 5.60 Å². The number of hydrogen-bond acceptors (Lipinski definition) is 2. The maximum Gasteiger partial charge on any atom is 0.130 e. The quantitative estimate of drug-likeness (QED) is 0.780. The zero-order chi connectivity index (χ0) is 12.2. The Hall–Kier alpha value is -1.40. The summed E-state index contributed by atoms with van der Waals surface area (Å²) in [7, 11) is 0. The number of rotatable bonds is 4. The first-order valence-corrected chi connectivity index (χ1v) is 5.31. The van der Waals surface area contributed by atoms with E-state index in [0.717, 1.165) is 6.42 Å². The van der Waals surface area contributed by atoms with Crippen LogP contribution in [0.2, 0.25) is 0 Å². The molecule has 0 unspecified atom stereocenters. The SMILES string of the molecule is CCC(C)(C)OCc1ccc(C#N)cc1F. The topological polar surface area (TPSA) is 33.0 Å². The van der Waals surface area contributed by atoms with Crippen molar-refractivity contribution in [2.75, 3.05) is 0 Å². The zero-order valence-electron chi connectivity index (χ0n) is 9.88. The van der Waals surface area contributed by atoms with Gasteiger partial charge in [0.05, 0.1) is 23.8 Å². The van der Waals surface area contributed by atoms with Gasteiger partial charge in [0, 0.05) is 5.56 Å². The first-order valence-electron chi connectivity index (χ1n) is 5.31. The van der Waals surface area contributed by atoms with Gasteiger partial charge < -0.3 is 4.74 Å². The van der Waals surface area contributed by atoms with Gasteiger partial charge >= 0.3 is 0 Å². The molecule has 0 aromatic heterocycles. The molecule has 16 heavy (non-hydrogen) atoms. The predicted molar refractivity (Wildman–Crippen MR) is 60.3 cm³/mol. The third-order valence-electron chi connectivity index (χ3n) is 2.65. The second kappa shape index (κ2) is 5.09. The third-order valence-corrected chi connectivity index (χ3v) is 2.65. The highest BCUT2D eigenvalue weighted by Crippen LogP contribution is 2.18. The number of nitriles is 1. The lowest BCUT2D eigenvalue weighted by atomic mass is 10.1. The van der Waals surface area contributed by atoms with Crippen LogP contribution in [0, 0.1) is 17.1 Å². The van der Waals surface area contributed by atoms with Gasteiger partial charge in [-0.1, -0.05) is 13.0 Å². The fraction of sp³-hybridized carbons (Fsp3) is 0.462. The first kappa shape index (κ1) is 12.7. The van der Waals surface area contributed by atoms with Gasteiger partial charge in [-0.05, 0) is 32.4 Å². The van der Waals surface area contributed by atoms with Crippen LogP contribution in [0.4, 0.5) is 4.39 Å². The van der Waals surface area contributed by atoms with E-state index < -0.39 is 0 Å². The molecule has 0 amide bonds. The molecule has 0 saturated heterocycles. The maximum atomic E-state index is 13.5. The molecule has 1 aromatic rings. The van der Waals surface area contributed by atoms with Gasteiger partial charge in [0.1, 0.15) is 5.82 Å². The van der Waals surface area contributed by atoms with E-state index in [-0.39, 0.29) is 18.0 Å². The molecule has 0 aliphatic heterocycles. The van der Waals surface area contributed by atoms with Crippen LogP contribution >= 0.6 is 0 Å². The lowest BCUT2D eigenvalue weighted by molar-refractivity contribution is -0.0326. The Bertz CT molecular complexity index is 407. The maximum absolute atomic E-state index is 13.5. The number of ether oxygens (including phenoxy) is 1. The number of halogens is 1. The number of hydrogen-bond donors (Lipinski definition) is 0. The molecule has 86 valence electrons. The van der Waals surface area contributed by atoms with Crippen LogP contribution in [0.15, 0.2) is 18.2 Å². The minimum absolute atomic E-state index is 0.235. The van der Waals surface area contributed by atoms with Gasteiger partial charge in [-0.2, -0.15) is 5.26 Å². The molecule has 0 radical (unpaired) electrons. The molecule has 0 saturated carbocycles. The van der Waals surface area contributed by atoms with Crippen molar-refractivity contribution in [1.29, 1.82) is 5.26 Å². The van der Waals surface area contributed by atoms with Gasteiger partial charge in [-0.15, -0.1) is 0 Å². The fourth-order valence-corrected chi connectivity index (χ4v) is 1.11. The number of nitrogens with zero attached hydrogens (tertiary/aromatic N) is 1. The van der Waals surface area contributed by atoms with Crippen LogP contribution in [0.25, 0.3) is 0 Å². The van der Waals surface area contributed by atoms with Crippen molar-refractivity contribution in [3.63, 3.8) is 0 Å². The van der Waals surface area contributed by atoms with E-state index in [1.165, 1.54) is 6.07 Å². The molecule has 1 rings (SSSR count). The molecule has 3 heteroatoms. The Morgan fingerprint density at radius 3 is 2.62 bits per heavy atom. The first-order chi connectivity index (χ1) is 7.48. The van der Waals surface area contributed by atoms with Crippen molar-refractivity contribution in [1.82, 2.24) is 0 Å². The molecule has 0 heterocycles. The Morgan fingerprint density at radius 2 is 2.12 bits per heavy atom. The summed E-state index contributed by atoms with van der Waals surface area (Å²) in [5.41, 5.74) is 0.567. The minimum Gasteiger partial charge on any atom is -0.371 e. The van der Waals surface area contributed by atoms with E-state index in [2.05, 4.69) is 0 Å².